The molecule has 2 aliphatic rings. The van der Waals surface area contributed by atoms with Crippen LogP contribution < -0.4 is 20.3 Å². The smallest absolute Gasteiger partial charge is 0.252 e. The Labute approximate surface area is 221 Å². The Morgan fingerprint density at radius 1 is 1.24 bits per heavy atom. The van der Waals surface area contributed by atoms with E-state index in [2.05, 4.69) is 25.2 Å². The predicted molar refractivity (Wildman–Crippen MR) is 142 cm³/mol. The van der Waals surface area contributed by atoms with E-state index in [1.807, 2.05) is 0 Å². The van der Waals surface area contributed by atoms with E-state index >= 15 is 0 Å². The van der Waals surface area contributed by atoms with Crippen LogP contribution in [0.25, 0.3) is 0 Å². The van der Waals surface area contributed by atoms with Gasteiger partial charge in [0.1, 0.15) is 11.9 Å². The van der Waals surface area contributed by atoms with E-state index in [4.69, 9.17) is 0 Å². The van der Waals surface area contributed by atoms with Crippen LogP contribution in [0.4, 0.5) is 15.2 Å². The van der Waals surface area contributed by atoms with Crippen LogP contribution in [-0.2, 0) is 26.0 Å². The molecular weight excluding hydrogens is 517 g/mol. The number of halogens is 1. The number of thiazole rings is 1. The highest BCUT2D eigenvalue weighted by atomic mass is 32.2. The van der Waals surface area contributed by atoms with Gasteiger partial charge in [0.25, 0.3) is 10.0 Å². The summed E-state index contributed by atoms with van der Waals surface area (Å²) in [5.41, 5.74) is 2.18. The number of anilines is 2. The molecule has 1 saturated carbocycles. The number of rotatable bonds is 10. The van der Waals surface area contributed by atoms with Gasteiger partial charge in [0, 0.05) is 32.2 Å². The van der Waals surface area contributed by atoms with Gasteiger partial charge in [-0.05, 0) is 49.4 Å². The summed E-state index contributed by atoms with van der Waals surface area (Å²) in [6.07, 6.45) is 6.43. The first-order valence-electron chi connectivity index (χ1n) is 12.7. The van der Waals surface area contributed by atoms with Crippen molar-refractivity contribution < 1.29 is 22.4 Å². The first kappa shape index (κ1) is 27.5. The van der Waals surface area contributed by atoms with Crippen molar-refractivity contribution in [3.63, 3.8) is 0 Å². The maximum Gasteiger partial charge on any atom is 0.252 e. The van der Waals surface area contributed by atoms with E-state index in [0.29, 0.717) is 19.5 Å². The van der Waals surface area contributed by atoms with Crippen molar-refractivity contribution >= 4 is 44.0 Å². The summed E-state index contributed by atoms with van der Waals surface area (Å²) in [5, 5.41) is 5.63. The Morgan fingerprint density at radius 2 is 2.00 bits per heavy atom. The van der Waals surface area contributed by atoms with Gasteiger partial charge < -0.3 is 15.5 Å². The van der Waals surface area contributed by atoms with Crippen LogP contribution in [-0.4, -0.2) is 50.9 Å². The van der Waals surface area contributed by atoms with Gasteiger partial charge in [0.05, 0.1) is 5.69 Å². The van der Waals surface area contributed by atoms with Gasteiger partial charge in [-0.25, -0.2) is 17.8 Å². The van der Waals surface area contributed by atoms with E-state index < -0.39 is 16.1 Å². The highest BCUT2D eigenvalue weighted by molar-refractivity contribution is 7.91. The van der Waals surface area contributed by atoms with Crippen LogP contribution in [0.1, 0.15) is 56.7 Å². The second-order valence-corrected chi connectivity index (χ2v) is 12.7. The topological polar surface area (TPSA) is 120 Å². The summed E-state index contributed by atoms with van der Waals surface area (Å²) in [6.45, 7) is 4.51. The number of benzene rings is 1. The lowest BCUT2D eigenvalue weighted by Gasteiger charge is -2.27. The maximum atomic E-state index is 13.5. The normalized spacial score (nSPS) is 16.9. The highest BCUT2D eigenvalue weighted by Crippen LogP contribution is 2.31. The first-order valence-corrected chi connectivity index (χ1v) is 15.0. The second-order valence-electron chi connectivity index (χ2n) is 9.79. The van der Waals surface area contributed by atoms with Crippen LogP contribution >= 0.6 is 11.3 Å². The van der Waals surface area contributed by atoms with E-state index in [9.17, 15) is 22.4 Å². The average molecular weight is 552 g/mol. The summed E-state index contributed by atoms with van der Waals surface area (Å²) in [7, 11) is -4.04. The fourth-order valence-corrected chi connectivity index (χ4v) is 7.84. The molecule has 1 atom stereocenters. The molecule has 0 spiro atoms. The molecule has 0 unspecified atom stereocenters. The molecule has 1 fully saturated rings. The zero-order chi connectivity index (χ0) is 26.6. The number of hydrogen-bond donors (Lipinski definition) is 3. The number of hydrogen-bond acceptors (Lipinski definition) is 7. The Morgan fingerprint density at radius 3 is 2.73 bits per heavy atom. The molecule has 4 rings (SSSR count). The number of amides is 2. The predicted octanol–water partition coefficient (Wildman–Crippen LogP) is 3.35. The van der Waals surface area contributed by atoms with E-state index in [1.165, 1.54) is 13.0 Å². The molecule has 2 aromatic rings. The van der Waals surface area contributed by atoms with Gasteiger partial charge in [-0.1, -0.05) is 43.4 Å². The molecule has 0 bridgehead atoms. The summed E-state index contributed by atoms with van der Waals surface area (Å²) in [6, 6.07) is 3.82. The van der Waals surface area contributed by atoms with Crippen molar-refractivity contribution in [2.75, 3.05) is 29.9 Å². The zero-order valence-electron chi connectivity index (χ0n) is 21.2. The molecule has 12 heteroatoms. The number of aromatic nitrogens is 1. The van der Waals surface area contributed by atoms with E-state index in [0.717, 1.165) is 67.7 Å². The summed E-state index contributed by atoms with van der Waals surface area (Å²) in [5.74, 6) is -0.694. The van der Waals surface area contributed by atoms with Gasteiger partial charge >= 0.3 is 0 Å². The van der Waals surface area contributed by atoms with Gasteiger partial charge in [-0.3, -0.25) is 9.59 Å². The van der Waals surface area contributed by atoms with Crippen LogP contribution in [0.2, 0.25) is 0 Å². The molecule has 0 saturated heterocycles. The Kier molecular flexibility index (Phi) is 8.81. The number of nitrogens with zero attached hydrogens (tertiary/aromatic N) is 2. The monoisotopic (exact) mass is 551 g/mol. The molecule has 9 nitrogen and oxygen atoms in total. The Hall–Kier alpha value is -2.57. The van der Waals surface area contributed by atoms with Crippen LogP contribution in [0.5, 0.6) is 0 Å². The minimum Gasteiger partial charge on any atom is -0.369 e. The summed E-state index contributed by atoms with van der Waals surface area (Å²) < 4.78 is 42.7. The molecule has 1 aromatic heterocycles. The quantitative estimate of drug-likeness (QED) is 0.417. The third kappa shape index (κ3) is 7.05. The fraction of sp³-hybridized carbons (Fsp3) is 0.560. The molecule has 202 valence electrons. The highest BCUT2D eigenvalue weighted by Gasteiger charge is 2.31. The van der Waals surface area contributed by atoms with Crippen LogP contribution in [0.15, 0.2) is 22.4 Å². The fourth-order valence-electron chi connectivity index (χ4n) is 5.15. The van der Waals surface area contributed by atoms with Crippen LogP contribution in [0, 0.1) is 18.7 Å². The van der Waals surface area contributed by atoms with Gasteiger partial charge in [0.2, 0.25) is 11.8 Å². The molecule has 2 amide bonds. The SMILES string of the molecule is CC(=O)Nc1nc(C)c(S(=O)(=O)N[C@@H](CC2CCCCC2)C(=O)NCCN2CCc3cc(F)ccc32)s1. The number of carbonyl (C=O) groups is 2. The molecule has 0 radical (unpaired) electrons. The Bertz CT molecular complexity index is 1240. The van der Waals surface area contributed by atoms with E-state index in [-0.39, 0.29) is 38.6 Å². The summed E-state index contributed by atoms with van der Waals surface area (Å²) >= 11 is 0.865. The first-order chi connectivity index (χ1) is 17.6. The minimum atomic E-state index is -4.04. The van der Waals surface area contributed by atoms with Gasteiger partial charge in [-0.2, -0.15) is 4.72 Å². The lowest BCUT2D eigenvalue weighted by molar-refractivity contribution is -0.123. The largest absolute Gasteiger partial charge is 0.369 e. The molecule has 1 aliphatic heterocycles. The average Bonchev–Trinajstić information content (AvgIpc) is 3.41. The molecule has 37 heavy (non-hydrogen) atoms. The maximum absolute atomic E-state index is 13.5. The number of aryl methyl sites for hydroxylation is 1. The number of sulfonamides is 1. The van der Waals surface area contributed by atoms with Crippen molar-refractivity contribution in [3.8, 4) is 0 Å². The molecule has 1 aromatic carbocycles. The van der Waals surface area contributed by atoms with Crippen molar-refractivity contribution in [1.29, 1.82) is 0 Å². The van der Waals surface area contributed by atoms with E-state index in [1.54, 1.807) is 19.1 Å². The minimum absolute atomic E-state index is 0.0152. The number of carbonyl (C=O) groups excluding carboxylic acids is 2. The lowest BCUT2D eigenvalue weighted by atomic mass is 9.85. The lowest BCUT2D eigenvalue weighted by Crippen LogP contribution is -2.49. The number of nitrogens with one attached hydrogen (secondary N) is 3. The standard InChI is InChI=1S/C25H34FN5O4S2/c1-16-24(36-25(28-16)29-17(2)32)37(34,35)30-21(14-18-6-4-3-5-7-18)23(33)27-11-13-31-12-10-19-15-20(26)8-9-22(19)31/h8-9,15,18,21,30H,3-7,10-14H2,1-2H3,(H,27,33)(H,28,29,32)/t21-/m0/s1. The molecule has 1 aliphatic carbocycles. The van der Waals surface area contributed by atoms with Crippen molar-refractivity contribution in [2.45, 2.75) is 69.0 Å². The third-order valence-electron chi connectivity index (χ3n) is 6.90. The Balaban J connectivity index is 1.43. The third-order valence-corrected chi connectivity index (χ3v) is 10.1. The number of fused-ring (bicyclic) bond motifs is 1. The zero-order valence-corrected chi connectivity index (χ0v) is 22.8. The van der Waals surface area contributed by atoms with Crippen LogP contribution in [0.3, 0.4) is 0 Å². The van der Waals surface area contributed by atoms with Crippen molar-refractivity contribution in [1.82, 2.24) is 15.0 Å². The summed E-state index contributed by atoms with van der Waals surface area (Å²) in [4.78, 5) is 30.9. The van der Waals surface area contributed by atoms with Gasteiger partial charge in [0.15, 0.2) is 9.34 Å². The molecule has 2 heterocycles. The van der Waals surface area contributed by atoms with Crippen molar-refractivity contribution in [3.05, 3.63) is 35.3 Å². The second kappa shape index (κ2) is 11.9. The van der Waals surface area contributed by atoms with Gasteiger partial charge in [-0.15, -0.1) is 0 Å². The molecular formula is C25H34FN5O4S2. The van der Waals surface area contributed by atoms with Crippen molar-refractivity contribution in [2.24, 2.45) is 5.92 Å². The molecule has 3 N–H and O–H groups in total.